The number of rotatable bonds is 10. The molecule has 0 bridgehead atoms. The lowest BCUT2D eigenvalue weighted by molar-refractivity contribution is 0.130. The fourth-order valence-electron chi connectivity index (χ4n) is 1.74. The summed E-state index contributed by atoms with van der Waals surface area (Å²) in [5.41, 5.74) is 1.07. The van der Waals surface area contributed by atoms with Gasteiger partial charge in [0.2, 0.25) is 0 Å². The Hall–Kier alpha value is -1.22. The van der Waals surface area contributed by atoms with Crippen LogP contribution < -0.4 is 5.32 Å². The van der Waals surface area contributed by atoms with E-state index in [4.69, 9.17) is 9.84 Å². The first-order valence-corrected chi connectivity index (χ1v) is 6.93. The van der Waals surface area contributed by atoms with Gasteiger partial charge in [0.1, 0.15) is 5.75 Å². The average molecular weight is 251 g/mol. The van der Waals surface area contributed by atoms with Gasteiger partial charge in [0.25, 0.3) is 0 Å². The highest BCUT2D eigenvalue weighted by atomic mass is 16.5. The Morgan fingerprint density at radius 3 is 2.44 bits per heavy atom. The highest BCUT2D eigenvalue weighted by Crippen LogP contribution is 2.13. The Morgan fingerprint density at radius 2 is 1.72 bits per heavy atom. The van der Waals surface area contributed by atoms with Crippen molar-refractivity contribution in [2.45, 2.75) is 39.0 Å². The largest absolute Gasteiger partial charge is 0.508 e. The molecule has 3 heteroatoms. The zero-order valence-electron chi connectivity index (χ0n) is 11.3. The second-order valence-electron chi connectivity index (χ2n) is 4.50. The number of anilines is 1. The van der Waals surface area contributed by atoms with Crippen LogP contribution in [-0.4, -0.2) is 24.9 Å². The molecular formula is C15H25NO2. The zero-order valence-corrected chi connectivity index (χ0v) is 11.3. The molecule has 0 aromatic heterocycles. The van der Waals surface area contributed by atoms with Gasteiger partial charge in [-0.1, -0.05) is 19.8 Å². The molecule has 0 heterocycles. The Bertz CT molecular complexity index is 298. The van der Waals surface area contributed by atoms with Crippen molar-refractivity contribution in [1.82, 2.24) is 0 Å². The van der Waals surface area contributed by atoms with Crippen LogP contribution in [0.4, 0.5) is 5.69 Å². The minimum Gasteiger partial charge on any atom is -0.508 e. The van der Waals surface area contributed by atoms with E-state index in [2.05, 4.69) is 12.2 Å². The fourth-order valence-corrected chi connectivity index (χ4v) is 1.74. The van der Waals surface area contributed by atoms with Crippen molar-refractivity contribution in [3.63, 3.8) is 0 Å². The molecule has 1 aromatic rings. The van der Waals surface area contributed by atoms with E-state index in [1.807, 2.05) is 12.1 Å². The smallest absolute Gasteiger partial charge is 0.115 e. The number of ether oxygens (including phenoxy) is 1. The van der Waals surface area contributed by atoms with Crippen LogP contribution in [0.25, 0.3) is 0 Å². The lowest BCUT2D eigenvalue weighted by Gasteiger charge is -2.06. The molecule has 102 valence electrons. The maximum absolute atomic E-state index is 9.15. The van der Waals surface area contributed by atoms with Gasteiger partial charge >= 0.3 is 0 Å². The second-order valence-corrected chi connectivity index (χ2v) is 4.50. The van der Waals surface area contributed by atoms with Gasteiger partial charge in [0.05, 0.1) is 0 Å². The molecule has 0 saturated heterocycles. The molecule has 3 nitrogen and oxygen atoms in total. The minimum atomic E-state index is 0.313. The van der Waals surface area contributed by atoms with Crippen molar-refractivity contribution in [2.24, 2.45) is 0 Å². The van der Waals surface area contributed by atoms with Crippen LogP contribution >= 0.6 is 0 Å². The molecule has 1 aromatic carbocycles. The van der Waals surface area contributed by atoms with E-state index in [1.165, 1.54) is 25.7 Å². The Labute approximate surface area is 110 Å². The van der Waals surface area contributed by atoms with Crippen LogP contribution in [0.3, 0.4) is 0 Å². The summed E-state index contributed by atoms with van der Waals surface area (Å²) < 4.78 is 5.43. The van der Waals surface area contributed by atoms with Gasteiger partial charge in [0, 0.05) is 25.4 Å². The number of phenols is 1. The van der Waals surface area contributed by atoms with Gasteiger partial charge in [-0.2, -0.15) is 0 Å². The predicted octanol–water partition coefficient (Wildman–Crippen LogP) is 3.79. The van der Waals surface area contributed by atoms with E-state index in [-0.39, 0.29) is 0 Å². The van der Waals surface area contributed by atoms with Crippen LogP contribution in [0, 0.1) is 0 Å². The van der Waals surface area contributed by atoms with E-state index in [9.17, 15) is 0 Å². The molecule has 0 saturated carbocycles. The maximum atomic E-state index is 9.15. The van der Waals surface area contributed by atoms with Crippen molar-refractivity contribution < 1.29 is 9.84 Å². The quantitative estimate of drug-likeness (QED) is 0.491. The third kappa shape index (κ3) is 7.17. The number of nitrogens with one attached hydrogen (secondary N) is 1. The van der Waals surface area contributed by atoms with Crippen LogP contribution in [0.5, 0.6) is 5.75 Å². The van der Waals surface area contributed by atoms with E-state index in [0.717, 1.165) is 31.9 Å². The SMILES string of the molecule is CCCOCCCCCCNc1ccc(O)cc1. The first kappa shape index (κ1) is 14.8. The summed E-state index contributed by atoms with van der Waals surface area (Å²) in [6.45, 7) is 4.91. The average Bonchev–Trinajstić information content (AvgIpc) is 2.39. The number of benzene rings is 1. The van der Waals surface area contributed by atoms with E-state index >= 15 is 0 Å². The van der Waals surface area contributed by atoms with Gasteiger partial charge in [0.15, 0.2) is 0 Å². The molecule has 2 N–H and O–H groups in total. The molecule has 0 atom stereocenters. The molecule has 0 radical (unpaired) electrons. The first-order valence-electron chi connectivity index (χ1n) is 6.93. The highest BCUT2D eigenvalue weighted by molar-refractivity contribution is 5.45. The summed E-state index contributed by atoms with van der Waals surface area (Å²) >= 11 is 0. The summed E-state index contributed by atoms with van der Waals surface area (Å²) in [7, 11) is 0. The lowest BCUT2D eigenvalue weighted by atomic mass is 10.2. The van der Waals surface area contributed by atoms with Crippen molar-refractivity contribution in [3.05, 3.63) is 24.3 Å². The molecule has 0 unspecified atom stereocenters. The number of hydrogen-bond donors (Lipinski definition) is 2. The van der Waals surface area contributed by atoms with Crippen LogP contribution in [-0.2, 0) is 4.74 Å². The predicted molar refractivity (Wildman–Crippen MR) is 76.2 cm³/mol. The number of phenolic OH excluding ortho intramolecular Hbond substituents is 1. The van der Waals surface area contributed by atoms with E-state index in [0.29, 0.717) is 5.75 Å². The van der Waals surface area contributed by atoms with Crippen molar-refractivity contribution in [3.8, 4) is 5.75 Å². The summed E-state index contributed by atoms with van der Waals surface area (Å²) in [5, 5.41) is 12.5. The van der Waals surface area contributed by atoms with Crippen LogP contribution in [0.1, 0.15) is 39.0 Å². The third-order valence-electron chi connectivity index (χ3n) is 2.76. The lowest BCUT2D eigenvalue weighted by Crippen LogP contribution is -2.01. The van der Waals surface area contributed by atoms with Crippen LogP contribution in [0.15, 0.2) is 24.3 Å². The standard InChI is InChI=1S/C15H25NO2/c1-2-12-18-13-6-4-3-5-11-16-14-7-9-15(17)10-8-14/h7-10,16-17H,2-6,11-13H2,1H3. The third-order valence-corrected chi connectivity index (χ3v) is 2.76. The van der Waals surface area contributed by atoms with Gasteiger partial charge in [-0.15, -0.1) is 0 Å². The number of unbranched alkanes of at least 4 members (excludes halogenated alkanes) is 3. The number of aromatic hydroxyl groups is 1. The molecule has 0 amide bonds. The Kier molecular flexibility index (Phi) is 8.06. The maximum Gasteiger partial charge on any atom is 0.115 e. The van der Waals surface area contributed by atoms with Gasteiger partial charge in [-0.25, -0.2) is 0 Å². The molecule has 0 aliphatic carbocycles. The van der Waals surface area contributed by atoms with E-state index < -0.39 is 0 Å². The summed E-state index contributed by atoms with van der Waals surface area (Å²) in [6, 6.07) is 7.20. The molecule has 0 aliphatic heterocycles. The Morgan fingerprint density at radius 1 is 1.00 bits per heavy atom. The molecule has 0 aliphatic rings. The normalized spacial score (nSPS) is 10.5. The topological polar surface area (TPSA) is 41.5 Å². The van der Waals surface area contributed by atoms with Gasteiger partial charge < -0.3 is 15.2 Å². The summed E-state index contributed by atoms with van der Waals surface area (Å²) in [4.78, 5) is 0. The first-order chi connectivity index (χ1) is 8.83. The summed E-state index contributed by atoms with van der Waals surface area (Å²) in [5.74, 6) is 0.313. The summed E-state index contributed by atoms with van der Waals surface area (Å²) in [6.07, 6.45) is 5.92. The molecule has 0 fully saturated rings. The van der Waals surface area contributed by atoms with Crippen LogP contribution in [0.2, 0.25) is 0 Å². The molecular weight excluding hydrogens is 226 g/mol. The number of hydrogen-bond acceptors (Lipinski definition) is 3. The van der Waals surface area contributed by atoms with Crippen molar-refractivity contribution in [1.29, 1.82) is 0 Å². The van der Waals surface area contributed by atoms with Crippen molar-refractivity contribution in [2.75, 3.05) is 25.1 Å². The minimum absolute atomic E-state index is 0.313. The zero-order chi connectivity index (χ0) is 13.1. The fraction of sp³-hybridized carbons (Fsp3) is 0.600. The molecule has 1 rings (SSSR count). The Balaban J connectivity index is 1.91. The molecule has 0 spiro atoms. The van der Waals surface area contributed by atoms with E-state index in [1.54, 1.807) is 12.1 Å². The molecule has 18 heavy (non-hydrogen) atoms. The van der Waals surface area contributed by atoms with Crippen molar-refractivity contribution >= 4 is 5.69 Å². The second kappa shape index (κ2) is 9.77. The monoisotopic (exact) mass is 251 g/mol. The van der Waals surface area contributed by atoms with Gasteiger partial charge in [-0.3, -0.25) is 0 Å². The highest BCUT2D eigenvalue weighted by Gasteiger charge is 1.93. The van der Waals surface area contributed by atoms with Gasteiger partial charge in [-0.05, 0) is 43.5 Å².